The maximum absolute atomic E-state index is 10.6. The third-order valence-electron chi connectivity index (χ3n) is 3.95. The van der Waals surface area contributed by atoms with Gasteiger partial charge in [-0.1, -0.05) is 19.8 Å². The van der Waals surface area contributed by atoms with E-state index in [1.165, 1.54) is 19.3 Å². The van der Waals surface area contributed by atoms with Crippen molar-refractivity contribution in [3.63, 3.8) is 0 Å². The Hall–Kier alpha value is -0.0800. The highest BCUT2D eigenvalue weighted by Crippen LogP contribution is 2.41. The zero-order valence-electron chi connectivity index (χ0n) is 8.46. The van der Waals surface area contributed by atoms with E-state index in [0.717, 1.165) is 26.1 Å². The lowest BCUT2D eigenvalue weighted by atomic mass is 9.69. The molecule has 0 aromatic heterocycles. The SMILES string of the molecule is CC1CCCCC1(O)C1CCOC1. The first-order valence-electron chi connectivity index (χ1n) is 5.53. The van der Waals surface area contributed by atoms with E-state index in [1.54, 1.807) is 0 Å². The Morgan fingerprint density at radius 2 is 2.15 bits per heavy atom. The lowest BCUT2D eigenvalue weighted by Crippen LogP contribution is -2.46. The van der Waals surface area contributed by atoms with Crippen LogP contribution in [0.5, 0.6) is 0 Å². The van der Waals surface area contributed by atoms with E-state index in [0.29, 0.717) is 11.8 Å². The predicted molar refractivity (Wildman–Crippen MR) is 51.5 cm³/mol. The van der Waals surface area contributed by atoms with Crippen molar-refractivity contribution in [2.75, 3.05) is 13.2 Å². The lowest BCUT2D eigenvalue weighted by Gasteiger charge is -2.42. The van der Waals surface area contributed by atoms with Gasteiger partial charge in [0.05, 0.1) is 12.2 Å². The molecule has 1 saturated heterocycles. The first kappa shape index (κ1) is 9.47. The Morgan fingerprint density at radius 3 is 2.77 bits per heavy atom. The van der Waals surface area contributed by atoms with Crippen molar-refractivity contribution in [1.29, 1.82) is 0 Å². The third kappa shape index (κ3) is 1.62. The molecule has 2 nitrogen and oxygen atoms in total. The van der Waals surface area contributed by atoms with Gasteiger partial charge >= 0.3 is 0 Å². The van der Waals surface area contributed by atoms with Crippen molar-refractivity contribution in [2.45, 2.75) is 44.6 Å². The average molecular weight is 184 g/mol. The lowest BCUT2D eigenvalue weighted by molar-refractivity contribution is -0.0894. The van der Waals surface area contributed by atoms with Gasteiger partial charge in [0.2, 0.25) is 0 Å². The topological polar surface area (TPSA) is 29.5 Å². The van der Waals surface area contributed by atoms with Crippen LogP contribution in [0.4, 0.5) is 0 Å². The Kier molecular flexibility index (Phi) is 2.61. The highest BCUT2D eigenvalue weighted by Gasteiger charge is 2.44. The summed E-state index contributed by atoms with van der Waals surface area (Å²) in [5.41, 5.74) is -0.408. The molecule has 2 rings (SSSR count). The summed E-state index contributed by atoms with van der Waals surface area (Å²) >= 11 is 0. The van der Waals surface area contributed by atoms with Crippen molar-refractivity contribution >= 4 is 0 Å². The van der Waals surface area contributed by atoms with E-state index in [1.807, 2.05) is 0 Å². The maximum Gasteiger partial charge on any atom is 0.0724 e. The monoisotopic (exact) mass is 184 g/mol. The fraction of sp³-hybridized carbons (Fsp3) is 1.00. The molecule has 1 aliphatic heterocycles. The van der Waals surface area contributed by atoms with Crippen molar-refractivity contribution in [2.24, 2.45) is 11.8 Å². The Morgan fingerprint density at radius 1 is 1.31 bits per heavy atom. The zero-order valence-corrected chi connectivity index (χ0v) is 8.46. The Bertz CT molecular complexity index is 175. The van der Waals surface area contributed by atoms with Crippen LogP contribution in [0, 0.1) is 11.8 Å². The van der Waals surface area contributed by atoms with E-state index in [2.05, 4.69) is 6.92 Å². The van der Waals surface area contributed by atoms with Crippen LogP contribution in [0.15, 0.2) is 0 Å². The summed E-state index contributed by atoms with van der Waals surface area (Å²) in [6.07, 6.45) is 5.71. The van der Waals surface area contributed by atoms with Gasteiger partial charge in [0.15, 0.2) is 0 Å². The molecule has 0 amide bonds. The van der Waals surface area contributed by atoms with Crippen molar-refractivity contribution in [3.05, 3.63) is 0 Å². The van der Waals surface area contributed by atoms with Gasteiger partial charge in [-0.2, -0.15) is 0 Å². The molecule has 0 radical (unpaired) electrons. The van der Waals surface area contributed by atoms with Gasteiger partial charge in [-0.25, -0.2) is 0 Å². The van der Waals surface area contributed by atoms with Gasteiger partial charge in [-0.15, -0.1) is 0 Å². The molecule has 2 heteroatoms. The third-order valence-corrected chi connectivity index (χ3v) is 3.95. The number of ether oxygens (including phenoxy) is 1. The van der Waals surface area contributed by atoms with E-state index in [4.69, 9.17) is 4.74 Å². The van der Waals surface area contributed by atoms with E-state index >= 15 is 0 Å². The Labute approximate surface area is 80.3 Å². The smallest absolute Gasteiger partial charge is 0.0724 e. The maximum atomic E-state index is 10.6. The molecule has 0 bridgehead atoms. The molecule has 0 aromatic carbocycles. The summed E-state index contributed by atoms with van der Waals surface area (Å²) < 4.78 is 5.36. The Balaban J connectivity index is 2.06. The molecule has 1 saturated carbocycles. The van der Waals surface area contributed by atoms with E-state index < -0.39 is 5.60 Å². The number of aliphatic hydroxyl groups is 1. The number of hydrogen-bond donors (Lipinski definition) is 1. The second-order valence-electron chi connectivity index (χ2n) is 4.70. The summed E-state index contributed by atoms with van der Waals surface area (Å²) in [4.78, 5) is 0. The van der Waals surface area contributed by atoms with Crippen LogP contribution >= 0.6 is 0 Å². The largest absolute Gasteiger partial charge is 0.389 e. The molecule has 2 aliphatic rings. The van der Waals surface area contributed by atoms with Crippen LogP contribution in [0.25, 0.3) is 0 Å². The van der Waals surface area contributed by atoms with Crippen LogP contribution in [0.1, 0.15) is 39.0 Å². The molecule has 0 aromatic rings. The molecular formula is C11H20O2. The van der Waals surface area contributed by atoms with Gasteiger partial charge in [0.25, 0.3) is 0 Å². The molecular weight excluding hydrogens is 164 g/mol. The van der Waals surface area contributed by atoms with Gasteiger partial charge in [-0.3, -0.25) is 0 Å². The number of hydrogen-bond acceptors (Lipinski definition) is 2. The van der Waals surface area contributed by atoms with Crippen LogP contribution in [-0.2, 0) is 4.74 Å². The van der Waals surface area contributed by atoms with Crippen LogP contribution in [0.3, 0.4) is 0 Å². The molecule has 1 aliphatic carbocycles. The summed E-state index contributed by atoms with van der Waals surface area (Å²) in [7, 11) is 0. The van der Waals surface area contributed by atoms with Crippen LogP contribution < -0.4 is 0 Å². The first-order chi connectivity index (χ1) is 6.23. The molecule has 3 unspecified atom stereocenters. The quantitative estimate of drug-likeness (QED) is 0.675. The summed E-state index contributed by atoms with van der Waals surface area (Å²) in [5, 5.41) is 10.6. The molecule has 0 spiro atoms. The molecule has 76 valence electrons. The van der Waals surface area contributed by atoms with Gasteiger partial charge in [-0.05, 0) is 25.2 Å². The summed E-state index contributed by atoms with van der Waals surface area (Å²) in [5.74, 6) is 0.871. The normalized spacial score (nSPS) is 46.6. The van der Waals surface area contributed by atoms with Gasteiger partial charge < -0.3 is 9.84 Å². The molecule has 3 atom stereocenters. The highest BCUT2D eigenvalue weighted by atomic mass is 16.5. The second-order valence-corrected chi connectivity index (χ2v) is 4.70. The number of rotatable bonds is 1. The van der Waals surface area contributed by atoms with Gasteiger partial charge in [0.1, 0.15) is 0 Å². The minimum Gasteiger partial charge on any atom is -0.389 e. The standard InChI is InChI=1S/C11H20O2/c1-9-4-2-3-6-11(9,12)10-5-7-13-8-10/h9-10,12H,2-8H2,1H3. The predicted octanol–water partition coefficient (Wildman–Crippen LogP) is 1.96. The minimum atomic E-state index is -0.408. The molecule has 1 N–H and O–H groups in total. The van der Waals surface area contributed by atoms with E-state index in [-0.39, 0.29) is 0 Å². The minimum absolute atomic E-state index is 0.405. The summed E-state index contributed by atoms with van der Waals surface area (Å²) in [6, 6.07) is 0. The van der Waals surface area contributed by atoms with Crippen molar-refractivity contribution < 1.29 is 9.84 Å². The first-order valence-corrected chi connectivity index (χ1v) is 5.53. The van der Waals surface area contributed by atoms with Gasteiger partial charge in [0, 0.05) is 12.5 Å². The summed E-state index contributed by atoms with van der Waals surface area (Å²) in [6.45, 7) is 3.82. The molecule has 2 fully saturated rings. The van der Waals surface area contributed by atoms with Crippen molar-refractivity contribution in [3.8, 4) is 0 Å². The van der Waals surface area contributed by atoms with Crippen LogP contribution in [0.2, 0.25) is 0 Å². The zero-order chi connectivity index (χ0) is 9.31. The molecule has 13 heavy (non-hydrogen) atoms. The fourth-order valence-corrected chi connectivity index (χ4v) is 2.89. The highest BCUT2D eigenvalue weighted by molar-refractivity contribution is 4.94. The second kappa shape index (κ2) is 3.58. The average Bonchev–Trinajstić information content (AvgIpc) is 2.63. The molecule has 1 heterocycles. The van der Waals surface area contributed by atoms with E-state index in [9.17, 15) is 5.11 Å². The van der Waals surface area contributed by atoms with Crippen LogP contribution in [-0.4, -0.2) is 23.9 Å². The fourth-order valence-electron chi connectivity index (χ4n) is 2.89. The van der Waals surface area contributed by atoms with Crippen molar-refractivity contribution in [1.82, 2.24) is 0 Å².